The summed E-state index contributed by atoms with van der Waals surface area (Å²) in [5.41, 5.74) is 1.37. The fraction of sp³-hybridized carbons (Fsp3) is 0. The zero-order valence-corrected chi connectivity index (χ0v) is 6.82. The maximum Gasteiger partial charge on any atom is 0.583 e. The highest BCUT2D eigenvalue weighted by Crippen LogP contribution is 2.09. The summed E-state index contributed by atoms with van der Waals surface area (Å²) >= 11 is 5.73. The summed E-state index contributed by atoms with van der Waals surface area (Å²) in [6, 6.07) is 7.17. The molecule has 1 N–H and O–H groups in total. The number of hydrogen-bond acceptors (Lipinski definition) is 3. The van der Waals surface area contributed by atoms with E-state index in [1.807, 2.05) is 6.07 Å². The first kappa shape index (κ1) is 7.64. The molecule has 0 radical (unpaired) electrons. The van der Waals surface area contributed by atoms with Crippen molar-refractivity contribution in [1.82, 2.24) is 0 Å². The minimum absolute atomic E-state index is 0.274. The number of rotatable bonds is 0. The van der Waals surface area contributed by atoms with Gasteiger partial charge in [-0.3, -0.25) is 0 Å². The number of fused-ring (bicyclic) bond motifs is 1. The smallest absolute Gasteiger partial charge is 0.426 e. The topological polar surface area (TPSA) is 41.8 Å². The summed E-state index contributed by atoms with van der Waals surface area (Å²) in [6.07, 6.45) is 0. The molecule has 1 aliphatic rings. The van der Waals surface area contributed by atoms with Crippen molar-refractivity contribution in [2.45, 2.75) is 0 Å². The molecular formula is C7H5BClNO2. The van der Waals surface area contributed by atoms with Gasteiger partial charge in [0.15, 0.2) is 5.17 Å². The third-order valence-electron chi connectivity index (χ3n) is 1.68. The van der Waals surface area contributed by atoms with Gasteiger partial charge in [-0.25, -0.2) is 0 Å². The summed E-state index contributed by atoms with van der Waals surface area (Å²) in [4.78, 5) is 0. The monoisotopic (exact) mass is 181 g/mol. The third kappa shape index (κ3) is 1.09. The molecule has 0 saturated carbocycles. The number of oxime groups is 1. The van der Waals surface area contributed by atoms with Crippen LogP contribution in [0.5, 0.6) is 0 Å². The van der Waals surface area contributed by atoms with Crippen LogP contribution in [0.15, 0.2) is 29.4 Å². The van der Waals surface area contributed by atoms with Gasteiger partial charge in [0.1, 0.15) is 0 Å². The van der Waals surface area contributed by atoms with Gasteiger partial charge in [-0.05, 0) is 0 Å². The molecule has 5 heteroatoms. The van der Waals surface area contributed by atoms with Gasteiger partial charge in [-0.15, -0.1) is 0 Å². The zero-order chi connectivity index (χ0) is 8.55. The largest absolute Gasteiger partial charge is 0.583 e. The van der Waals surface area contributed by atoms with Crippen LogP contribution in [0, 0.1) is 0 Å². The lowest BCUT2D eigenvalue weighted by atomic mass is 9.76. The van der Waals surface area contributed by atoms with Crippen LogP contribution in [0.1, 0.15) is 5.56 Å². The molecule has 2 rings (SSSR count). The van der Waals surface area contributed by atoms with E-state index in [0.29, 0.717) is 5.46 Å². The fourth-order valence-corrected chi connectivity index (χ4v) is 1.31. The lowest BCUT2D eigenvalue weighted by Gasteiger charge is -2.13. The van der Waals surface area contributed by atoms with Crippen LogP contribution >= 0.6 is 11.6 Å². The van der Waals surface area contributed by atoms with E-state index in [2.05, 4.69) is 9.91 Å². The second-order valence-electron chi connectivity index (χ2n) is 2.43. The Bertz CT molecular complexity index is 342. The van der Waals surface area contributed by atoms with E-state index < -0.39 is 7.12 Å². The summed E-state index contributed by atoms with van der Waals surface area (Å²) < 4.78 is 4.63. The van der Waals surface area contributed by atoms with Crippen molar-refractivity contribution in [2.24, 2.45) is 5.16 Å². The summed E-state index contributed by atoms with van der Waals surface area (Å²) in [5.74, 6) is 0. The predicted octanol–water partition coefficient (Wildman–Crippen LogP) is 0.305. The second kappa shape index (κ2) is 2.81. The van der Waals surface area contributed by atoms with E-state index in [1.54, 1.807) is 18.2 Å². The van der Waals surface area contributed by atoms with Gasteiger partial charge in [0.2, 0.25) is 0 Å². The van der Waals surface area contributed by atoms with Gasteiger partial charge >= 0.3 is 7.12 Å². The normalized spacial score (nSPS) is 14.8. The van der Waals surface area contributed by atoms with Crippen LogP contribution in [0.4, 0.5) is 0 Å². The zero-order valence-electron chi connectivity index (χ0n) is 6.07. The Hall–Kier alpha value is -0.995. The molecule has 0 unspecified atom stereocenters. The Kier molecular flexibility index (Phi) is 1.79. The van der Waals surface area contributed by atoms with Crippen molar-refractivity contribution >= 4 is 29.4 Å². The molecule has 1 aromatic rings. The first-order valence-corrected chi connectivity index (χ1v) is 3.83. The molecule has 0 bridgehead atoms. The number of halogens is 1. The highest BCUT2D eigenvalue weighted by molar-refractivity contribution is 6.74. The van der Waals surface area contributed by atoms with Crippen LogP contribution in [0.25, 0.3) is 0 Å². The number of benzene rings is 1. The molecule has 12 heavy (non-hydrogen) atoms. The van der Waals surface area contributed by atoms with Gasteiger partial charge in [0.05, 0.1) is 0 Å². The SMILES string of the molecule is OB1ON=C(Cl)c2ccccc21. The summed E-state index contributed by atoms with van der Waals surface area (Å²) in [7, 11) is -0.997. The van der Waals surface area contributed by atoms with E-state index >= 15 is 0 Å². The first-order valence-electron chi connectivity index (χ1n) is 3.46. The van der Waals surface area contributed by atoms with E-state index in [0.717, 1.165) is 5.56 Å². The van der Waals surface area contributed by atoms with Crippen molar-refractivity contribution in [3.63, 3.8) is 0 Å². The standard InChI is InChI=1S/C7H5BClNO2/c9-7-5-3-1-2-4-6(5)8(11)12-10-7/h1-4,11H. The molecule has 0 fully saturated rings. The minimum atomic E-state index is -0.997. The molecule has 0 spiro atoms. The van der Waals surface area contributed by atoms with Gasteiger partial charge in [0, 0.05) is 11.0 Å². The second-order valence-corrected chi connectivity index (χ2v) is 2.79. The van der Waals surface area contributed by atoms with E-state index in [9.17, 15) is 5.02 Å². The summed E-state index contributed by atoms with van der Waals surface area (Å²) in [5, 5.41) is 13.0. The highest BCUT2D eigenvalue weighted by Gasteiger charge is 2.27. The van der Waals surface area contributed by atoms with Crippen molar-refractivity contribution in [3.8, 4) is 0 Å². The Morgan fingerprint density at radius 1 is 1.42 bits per heavy atom. The molecule has 0 aromatic heterocycles. The van der Waals surface area contributed by atoms with Crippen molar-refractivity contribution in [1.29, 1.82) is 0 Å². The molecule has 1 aromatic carbocycles. The Balaban J connectivity index is 2.58. The maximum atomic E-state index is 9.29. The Labute approximate surface area is 74.7 Å². The molecule has 1 heterocycles. The molecule has 0 amide bonds. The molecule has 0 saturated heterocycles. The molecule has 3 nitrogen and oxygen atoms in total. The third-order valence-corrected chi connectivity index (χ3v) is 1.95. The van der Waals surface area contributed by atoms with E-state index in [4.69, 9.17) is 11.6 Å². The van der Waals surface area contributed by atoms with Gasteiger partial charge in [-0.1, -0.05) is 41.0 Å². The van der Waals surface area contributed by atoms with E-state index in [1.165, 1.54) is 0 Å². The minimum Gasteiger partial charge on any atom is -0.426 e. The lowest BCUT2D eigenvalue weighted by molar-refractivity contribution is 0.285. The van der Waals surface area contributed by atoms with Gasteiger partial charge < -0.3 is 9.78 Å². The van der Waals surface area contributed by atoms with Crippen LogP contribution in [0.3, 0.4) is 0 Å². The quantitative estimate of drug-likeness (QED) is 0.585. The van der Waals surface area contributed by atoms with Crippen LogP contribution in [0.2, 0.25) is 0 Å². The molecule has 0 atom stereocenters. The van der Waals surface area contributed by atoms with Crippen LogP contribution in [-0.2, 0) is 4.76 Å². The number of nitrogens with zero attached hydrogens (tertiary/aromatic N) is 1. The fourth-order valence-electron chi connectivity index (χ4n) is 1.10. The molecule has 1 aliphatic heterocycles. The molecule has 0 aliphatic carbocycles. The van der Waals surface area contributed by atoms with Crippen LogP contribution < -0.4 is 5.46 Å². The maximum absolute atomic E-state index is 9.29. The Morgan fingerprint density at radius 3 is 2.92 bits per heavy atom. The summed E-state index contributed by atoms with van der Waals surface area (Å²) in [6.45, 7) is 0. The lowest BCUT2D eigenvalue weighted by Crippen LogP contribution is -2.38. The average molecular weight is 181 g/mol. The van der Waals surface area contributed by atoms with E-state index in [-0.39, 0.29) is 5.17 Å². The van der Waals surface area contributed by atoms with Gasteiger partial charge in [-0.2, -0.15) is 0 Å². The number of hydrogen-bond donors (Lipinski definition) is 1. The van der Waals surface area contributed by atoms with Gasteiger partial charge in [0.25, 0.3) is 0 Å². The van der Waals surface area contributed by atoms with Crippen molar-refractivity contribution < 1.29 is 9.78 Å². The Morgan fingerprint density at radius 2 is 2.17 bits per heavy atom. The molecule has 60 valence electrons. The predicted molar refractivity (Wildman–Crippen MR) is 47.5 cm³/mol. The van der Waals surface area contributed by atoms with Crippen LogP contribution in [-0.4, -0.2) is 17.3 Å². The average Bonchev–Trinajstić information content (AvgIpc) is 2.12. The van der Waals surface area contributed by atoms with Crippen molar-refractivity contribution in [3.05, 3.63) is 29.8 Å². The highest BCUT2D eigenvalue weighted by atomic mass is 35.5. The first-order chi connectivity index (χ1) is 5.79. The van der Waals surface area contributed by atoms with Crippen molar-refractivity contribution in [2.75, 3.05) is 0 Å². The molecular weight excluding hydrogens is 176 g/mol.